The van der Waals surface area contributed by atoms with Gasteiger partial charge in [0, 0.05) is 20.2 Å². The summed E-state index contributed by atoms with van der Waals surface area (Å²) in [4.78, 5) is 13.2. The molecule has 21 heavy (non-hydrogen) atoms. The molecule has 1 amide bonds. The number of amides is 1. The van der Waals surface area contributed by atoms with E-state index in [4.69, 9.17) is 4.74 Å². The fourth-order valence-electron chi connectivity index (χ4n) is 2.01. The molecule has 1 aliphatic heterocycles. The van der Waals surface area contributed by atoms with E-state index in [0.717, 1.165) is 7.11 Å². The molecular weight excluding hydrogens is 287 g/mol. The quantitative estimate of drug-likeness (QED) is 0.800. The monoisotopic (exact) mass is 309 g/mol. The molecule has 1 aliphatic rings. The number of hydrogen-bond donors (Lipinski definition) is 0. The second-order valence-electron chi connectivity index (χ2n) is 6.02. The van der Waals surface area contributed by atoms with Gasteiger partial charge >= 0.3 is 12.0 Å². The largest absolute Gasteiger partial charge is 0.444 e. The molecule has 0 spiro atoms. The lowest BCUT2D eigenvalue weighted by molar-refractivity contribution is -0.0502. The predicted molar refractivity (Wildman–Crippen MR) is 72.0 cm³/mol. The molecule has 0 aliphatic carbocycles. The maximum atomic E-state index is 13.8. The number of hydrogen-bond acceptors (Lipinski definition) is 3. The molecule has 1 saturated heterocycles. The predicted octanol–water partition coefficient (Wildman–Crippen LogP) is 3.52. The number of piperidine rings is 1. The van der Waals surface area contributed by atoms with Gasteiger partial charge in [-0.25, -0.2) is 9.18 Å². The summed E-state index contributed by atoms with van der Waals surface area (Å²) in [5.74, 6) is -5.05. The van der Waals surface area contributed by atoms with Crippen LogP contribution in [0, 0.1) is 0 Å². The van der Waals surface area contributed by atoms with Gasteiger partial charge < -0.3 is 14.4 Å². The van der Waals surface area contributed by atoms with Crippen LogP contribution in [0.3, 0.4) is 0 Å². The molecule has 0 aromatic carbocycles. The second-order valence-corrected chi connectivity index (χ2v) is 6.02. The first-order chi connectivity index (χ1) is 9.57. The Morgan fingerprint density at radius 2 is 1.76 bits per heavy atom. The Labute approximate surface area is 122 Å². The molecule has 0 aromatic rings. The average Bonchev–Trinajstić information content (AvgIpc) is 2.36. The van der Waals surface area contributed by atoms with Crippen molar-refractivity contribution < 1.29 is 27.4 Å². The Balaban J connectivity index is 2.65. The van der Waals surface area contributed by atoms with Gasteiger partial charge in [0.05, 0.1) is 0 Å². The first kappa shape index (κ1) is 17.8. The third-order valence-electron chi connectivity index (χ3n) is 2.98. The molecule has 0 radical (unpaired) electrons. The van der Waals surface area contributed by atoms with E-state index in [0.29, 0.717) is 0 Å². The summed E-state index contributed by atoms with van der Waals surface area (Å²) < 4.78 is 50.1. The zero-order valence-electron chi connectivity index (χ0n) is 12.8. The van der Waals surface area contributed by atoms with Gasteiger partial charge in [0.2, 0.25) is 0 Å². The summed E-state index contributed by atoms with van der Waals surface area (Å²) in [6.45, 7) is 4.57. The summed E-state index contributed by atoms with van der Waals surface area (Å²) in [7, 11) is 1.09. The van der Waals surface area contributed by atoms with Crippen molar-refractivity contribution in [2.45, 2.75) is 45.1 Å². The van der Waals surface area contributed by atoms with Crippen LogP contribution in [0.15, 0.2) is 11.4 Å². The third-order valence-corrected chi connectivity index (χ3v) is 2.98. The van der Waals surface area contributed by atoms with Crippen LogP contribution in [0.1, 0.15) is 33.6 Å². The minimum atomic E-state index is -3.61. The lowest BCUT2D eigenvalue weighted by atomic mass is 10.0. The standard InChI is InChI=1S/C14H22F3NO3/c1-13(2,3)21-12(19)18-7-5-10(6-8-18)11(15)14(16,17)9-20-4/h5-9H2,1-4H3. The van der Waals surface area contributed by atoms with Crippen LogP contribution >= 0.6 is 0 Å². The van der Waals surface area contributed by atoms with E-state index >= 15 is 0 Å². The van der Waals surface area contributed by atoms with Gasteiger partial charge in [0.25, 0.3) is 0 Å². The number of likely N-dealkylation sites (tertiary alicyclic amines) is 1. The van der Waals surface area contributed by atoms with Crippen molar-refractivity contribution in [3.8, 4) is 0 Å². The van der Waals surface area contributed by atoms with Crippen molar-refractivity contribution in [3.63, 3.8) is 0 Å². The highest BCUT2D eigenvalue weighted by atomic mass is 19.3. The highest BCUT2D eigenvalue weighted by Gasteiger charge is 2.38. The van der Waals surface area contributed by atoms with Crippen LogP contribution in [0.25, 0.3) is 0 Å². The molecule has 1 rings (SSSR count). The number of nitrogens with zero attached hydrogens (tertiary/aromatic N) is 1. The maximum absolute atomic E-state index is 13.8. The number of alkyl halides is 2. The zero-order valence-corrected chi connectivity index (χ0v) is 12.8. The van der Waals surface area contributed by atoms with Crippen LogP contribution in [-0.4, -0.2) is 49.3 Å². The lowest BCUT2D eigenvalue weighted by Crippen LogP contribution is -2.40. The van der Waals surface area contributed by atoms with Gasteiger partial charge in [-0.2, -0.15) is 8.78 Å². The molecule has 4 nitrogen and oxygen atoms in total. The molecule has 0 aromatic heterocycles. The third kappa shape index (κ3) is 5.22. The molecule has 122 valence electrons. The molecule has 0 saturated carbocycles. The fourth-order valence-corrected chi connectivity index (χ4v) is 2.01. The van der Waals surface area contributed by atoms with Crippen molar-refractivity contribution in [2.24, 2.45) is 0 Å². The van der Waals surface area contributed by atoms with Crippen molar-refractivity contribution in [3.05, 3.63) is 11.4 Å². The van der Waals surface area contributed by atoms with E-state index in [1.54, 1.807) is 20.8 Å². The van der Waals surface area contributed by atoms with Gasteiger partial charge in [-0.15, -0.1) is 0 Å². The molecule has 1 heterocycles. The van der Waals surface area contributed by atoms with Gasteiger partial charge in [-0.1, -0.05) is 0 Å². The first-order valence-electron chi connectivity index (χ1n) is 6.79. The highest BCUT2D eigenvalue weighted by Crippen LogP contribution is 2.32. The van der Waals surface area contributed by atoms with Crippen LogP contribution < -0.4 is 0 Å². The minimum Gasteiger partial charge on any atom is -0.444 e. The van der Waals surface area contributed by atoms with E-state index in [2.05, 4.69) is 4.74 Å². The van der Waals surface area contributed by atoms with Crippen LogP contribution in [0.2, 0.25) is 0 Å². The van der Waals surface area contributed by atoms with Gasteiger partial charge in [0.15, 0.2) is 5.83 Å². The smallest absolute Gasteiger partial charge is 0.410 e. The number of halogens is 3. The molecular formula is C14H22F3NO3. The summed E-state index contributed by atoms with van der Waals surface area (Å²) in [5, 5.41) is 0. The van der Waals surface area contributed by atoms with Crippen LogP contribution in [0.5, 0.6) is 0 Å². The number of rotatable bonds is 3. The van der Waals surface area contributed by atoms with Crippen LogP contribution in [-0.2, 0) is 9.47 Å². The van der Waals surface area contributed by atoms with Crippen molar-refractivity contribution in [1.82, 2.24) is 4.90 Å². The number of carbonyl (C=O) groups is 1. The molecule has 0 N–H and O–H groups in total. The van der Waals surface area contributed by atoms with E-state index in [-0.39, 0.29) is 31.5 Å². The Bertz CT molecular complexity index is 406. The summed E-state index contributed by atoms with van der Waals surface area (Å²) in [5.41, 5.74) is -0.582. The second kappa shape index (κ2) is 6.68. The summed E-state index contributed by atoms with van der Waals surface area (Å²) >= 11 is 0. The fraction of sp³-hybridized carbons (Fsp3) is 0.786. The summed E-state index contributed by atoms with van der Waals surface area (Å²) in [6.07, 6.45) is -0.361. The van der Waals surface area contributed by atoms with E-state index < -0.39 is 30.1 Å². The van der Waals surface area contributed by atoms with Crippen molar-refractivity contribution in [2.75, 3.05) is 26.8 Å². The van der Waals surface area contributed by atoms with Crippen LogP contribution in [0.4, 0.5) is 18.0 Å². The first-order valence-corrected chi connectivity index (χ1v) is 6.79. The Morgan fingerprint density at radius 1 is 1.24 bits per heavy atom. The maximum Gasteiger partial charge on any atom is 0.410 e. The summed E-state index contributed by atoms with van der Waals surface area (Å²) in [6, 6.07) is 0. The molecule has 0 atom stereocenters. The van der Waals surface area contributed by atoms with Gasteiger partial charge in [-0.05, 0) is 39.2 Å². The Kier molecular flexibility index (Phi) is 5.67. The number of ether oxygens (including phenoxy) is 2. The molecule has 0 bridgehead atoms. The minimum absolute atomic E-state index is 0.0388. The van der Waals surface area contributed by atoms with Crippen molar-refractivity contribution >= 4 is 6.09 Å². The molecule has 1 fully saturated rings. The number of carbonyl (C=O) groups excluding carboxylic acids is 1. The Morgan fingerprint density at radius 3 is 2.19 bits per heavy atom. The van der Waals surface area contributed by atoms with E-state index in [1.165, 1.54) is 4.90 Å². The van der Waals surface area contributed by atoms with Crippen molar-refractivity contribution in [1.29, 1.82) is 0 Å². The number of methoxy groups -OCH3 is 1. The topological polar surface area (TPSA) is 38.8 Å². The van der Waals surface area contributed by atoms with E-state index in [9.17, 15) is 18.0 Å². The molecule has 7 heteroatoms. The van der Waals surface area contributed by atoms with Gasteiger partial charge in [0.1, 0.15) is 12.2 Å². The van der Waals surface area contributed by atoms with Gasteiger partial charge in [-0.3, -0.25) is 0 Å². The lowest BCUT2D eigenvalue weighted by Gasteiger charge is -2.31. The molecule has 0 unspecified atom stereocenters. The zero-order chi connectivity index (χ0) is 16.3. The van der Waals surface area contributed by atoms with E-state index in [1.807, 2.05) is 0 Å². The average molecular weight is 309 g/mol. The highest BCUT2D eigenvalue weighted by molar-refractivity contribution is 5.68. The SMILES string of the molecule is COCC(F)(F)C(F)=C1CCN(C(=O)OC(C)(C)C)CC1. The normalized spacial score (nSPS) is 16.9. The Hall–Kier alpha value is -1.24.